The van der Waals surface area contributed by atoms with Gasteiger partial charge in [-0.05, 0) is 37.3 Å². The molecule has 1 aliphatic heterocycles. The van der Waals surface area contributed by atoms with Crippen LogP contribution in [-0.2, 0) is 14.4 Å². The largest absolute Gasteiger partial charge is 0.324 e. The zero-order valence-electron chi connectivity index (χ0n) is 16.0. The third kappa shape index (κ3) is 3.21. The number of hydrogen-bond acceptors (Lipinski definition) is 4. The number of benzene rings is 1. The molecular formula is C21H24N4O3. The molecule has 0 radical (unpaired) electrons. The Hall–Kier alpha value is -2.96. The average molecular weight is 380 g/mol. The first-order chi connectivity index (χ1) is 13.5. The minimum atomic E-state index is -0.834. The van der Waals surface area contributed by atoms with Gasteiger partial charge in [0.05, 0.1) is 22.9 Å². The summed E-state index contributed by atoms with van der Waals surface area (Å²) in [5.74, 6) is -1.07. The number of likely N-dealkylation sites (tertiary alicyclic amines) is 1. The van der Waals surface area contributed by atoms with E-state index in [9.17, 15) is 14.4 Å². The van der Waals surface area contributed by atoms with Crippen molar-refractivity contribution in [1.29, 1.82) is 0 Å². The Morgan fingerprint density at radius 1 is 1.18 bits per heavy atom. The van der Waals surface area contributed by atoms with Gasteiger partial charge in [-0.15, -0.1) is 0 Å². The first kappa shape index (κ1) is 18.4. The number of fused-ring (bicyclic) bond motifs is 2. The number of allylic oxidation sites excluding steroid dienone is 2. The first-order valence-electron chi connectivity index (χ1n) is 9.73. The molecule has 1 saturated heterocycles. The number of hydrogen-bond donors (Lipinski definition) is 2. The average Bonchev–Trinajstić information content (AvgIpc) is 3.19. The second kappa shape index (κ2) is 7.22. The van der Waals surface area contributed by atoms with E-state index in [0.29, 0.717) is 25.2 Å². The molecule has 7 heteroatoms. The Bertz CT molecular complexity index is 902. The summed E-state index contributed by atoms with van der Waals surface area (Å²) in [7, 11) is 0. The number of nitrogens with zero attached hydrogens (tertiary/aromatic N) is 2. The molecule has 146 valence electrons. The lowest BCUT2D eigenvalue weighted by molar-refractivity contribution is -0.147. The highest BCUT2D eigenvalue weighted by Gasteiger charge is 2.51. The zero-order valence-corrected chi connectivity index (χ0v) is 16.0. The van der Waals surface area contributed by atoms with E-state index in [0.717, 1.165) is 11.0 Å². The molecule has 3 unspecified atom stereocenters. The third-order valence-corrected chi connectivity index (χ3v) is 5.48. The third-order valence-electron chi connectivity index (χ3n) is 5.48. The number of aromatic nitrogens is 2. The first-order valence-corrected chi connectivity index (χ1v) is 9.73. The number of H-pyrrole nitrogens is 1. The number of nitrogens with one attached hydrogen (secondary N) is 2. The van der Waals surface area contributed by atoms with Crippen LogP contribution in [-0.4, -0.2) is 38.6 Å². The van der Waals surface area contributed by atoms with Gasteiger partial charge in [-0.25, -0.2) is 4.98 Å². The molecule has 1 fully saturated rings. The second-order valence-electron chi connectivity index (χ2n) is 7.94. The maximum atomic E-state index is 13.1. The fourth-order valence-electron chi connectivity index (χ4n) is 4.12. The molecule has 7 nitrogen and oxygen atoms in total. The van der Waals surface area contributed by atoms with Crippen molar-refractivity contribution < 1.29 is 14.4 Å². The van der Waals surface area contributed by atoms with E-state index in [1.54, 1.807) is 0 Å². The maximum absolute atomic E-state index is 13.1. The molecule has 1 aromatic heterocycles. The van der Waals surface area contributed by atoms with Gasteiger partial charge in [-0.3, -0.25) is 24.6 Å². The Morgan fingerprint density at radius 3 is 2.43 bits per heavy atom. The van der Waals surface area contributed by atoms with E-state index < -0.39 is 6.04 Å². The topological polar surface area (TPSA) is 95.2 Å². The highest BCUT2D eigenvalue weighted by molar-refractivity contribution is 6.10. The zero-order chi connectivity index (χ0) is 19.8. The molecule has 2 aromatic rings. The van der Waals surface area contributed by atoms with Gasteiger partial charge < -0.3 is 4.98 Å². The fraction of sp³-hybridized carbons (Fsp3) is 0.429. The van der Waals surface area contributed by atoms with Crippen LogP contribution >= 0.6 is 0 Å². The lowest BCUT2D eigenvalue weighted by atomic mass is 9.85. The van der Waals surface area contributed by atoms with E-state index in [2.05, 4.69) is 15.3 Å². The van der Waals surface area contributed by atoms with E-state index >= 15 is 0 Å². The van der Waals surface area contributed by atoms with Gasteiger partial charge in [-0.1, -0.05) is 38.1 Å². The predicted octanol–water partition coefficient (Wildman–Crippen LogP) is 2.87. The molecule has 2 aliphatic rings. The quantitative estimate of drug-likeness (QED) is 0.616. The molecule has 0 spiro atoms. The van der Waals surface area contributed by atoms with Gasteiger partial charge >= 0.3 is 0 Å². The highest BCUT2D eigenvalue weighted by atomic mass is 16.2. The van der Waals surface area contributed by atoms with Gasteiger partial charge in [0.2, 0.25) is 23.7 Å². The van der Waals surface area contributed by atoms with Crippen molar-refractivity contribution in [3.8, 4) is 0 Å². The predicted molar refractivity (Wildman–Crippen MR) is 105 cm³/mol. The van der Waals surface area contributed by atoms with E-state index in [4.69, 9.17) is 0 Å². The maximum Gasteiger partial charge on any atom is 0.249 e. The number of carbonyl (C=O) groups excluding carboxylic acids is 3. The van der Waals surface area contributed by atoms with Gasteiger partial charge in [0, 0.05) is 0 Å². The standard InChI is InChI=1S/C21H24N4O3/c1-12(2)11-17(25-19(27)13-7-3-4-8-14(13)20(25)28)18(26)24-21-22-15-9-5-6-10-16(15)23-21/h3-6,9-10,12-14,17H,7-8,11H2,1-2H3,(H2,22,23,24,26). The van der Waals surface area contributed by atoms with Crippen LogP contribution in [0.2, 0.25) is 0 Å². The van der Waals surface area contributed by atoms with Crippen LogP contribution in [0.25, 0.3) is 11.0 Å². The molecule has 0 bridgehead atoms. The van der Waals surface area contributed by atoms with Crippen molar-refractivity contribution >= 4 is 34.7 Å². The Kier molecular flexibility index (Phi) is 4.75. The molecule has 3 amide bonds. The summed E-state index contributed by atoms with van der Waals surface area (Å²) in [6.45, 7) is 3.95. The lowest BCUT2D eigenvalue weighted by Gasteiger charge is -2.27. The molecule has 3 atom stereocenters. The Labute approximate surface area is 163 Å². The molecule has 0 saturated carbocycles. The molecule has 2 heterocycles. The minimum absolute atomic E-state index is 0.146. The van der Waals surface area contributed by atoms with Crippen molar-refractivity contribution in [2.45, 2.75) is 39.2 Å². The molecular weight excluding hydrogens is 356 g/mol. The number of rotatable bonds is 5. The molecule has 28 heavy (non-hydrogen) atoms. The normalized spacial score (nSPS) is 22.8. The number of para-hydroxylation sites is 2. The van der Waals surface area contributed by atoms with Crippen LogP contribution in [0.4, 0.5) is 5.95 Å². The summed E-state index contributed by atoms with van der Waals surface area (Å²) in [6, 6.07) is 6.63. The van der Waals surface area contributed by atoms with Gasteiger partial charge in [0.25, 0.3) is 0 Å². The summed E-state index contributed by atoms with van der Waals surface area (Å²) < 4.78 is 0. The molecule has 1 aliphatic carbocycles. The van der Waals surface area contributed by atoms with Crippen molar-refractivity contribution in [3.63, 3.8) is 0 Å². The minimum Gasteiger partial charge on any atom is -0.324 e. The Morgan fingerprint density at radius 2 is 1.82 bits per heavy atom. The smallest absolute Gasteiger partial charge is 0.249 e. The van der Waals surface area contributed by atoms with Gasteiger partial charge in [-0.2, -0.15) is 0 Å². The van der Waals surface area contributed by atoms with Crippen molar-refractivity contribution in [1.82, 2.24) is 14.9 Å². The van der Waals surface area contributed by atoms with E-state index in [1.807, 2.05) is 50.3 Å². The summed E-state index contributed by atoms with van der Waals surface area (Å²) in [5, 5.41) is 2.77. The van der Waals surface area contributed by atoms with Crippen LogP contribution in [0.15, 0.2) is 36.4 Å². The molecule has 2 N–H and O–H groups in total. The second-order valence-corrected chi connectivity index (χ2v) is 7.94. The van der Waals surface area contributed by atoms with E-state index in [-0.39, 0.29) is 35.5 Å². The monoisotopic (exact) mass is 380 g/mol. The van der Waals surface area contributed by atoms with Crippen LogP contribution in [0.5, 0.6) is 0 Å². The SMILES string of the molecule is CC(C)CC(C(=O)Nc1nc2ccccc2[nH]1)N1C(=O)C2CC=CCC2C1=O. The summed E-state index contributed by atoms with van der Waals surface area (Å²) in [5.41, 5.74) is 1.55. The van der Waals surface area contributed by atoms with Crippen molar-refractivity contribution in [2.75, 3.05) is 5.32 Å². The van der Waals surface area contributed by atoms with Crippen LogP contribution in [0, 0.1) is 17.8 Å². The molecule has 4 rings (SSSR count). The van der Waals surface area contributed by atoms with Crippen molar-refractivity contribution in [3.05, 3.63) is 36.4 Å². The van der Waals surface area contributed by atoms with Gasteiger partial charge in [0.15, 0.2) is 0 Å². The summed E-state index contributed by atoms with van der Waals surface area (Å²) >= 11 is 0. The number of amides is 3. The summed E-state index contributed by atoms with van der Waals surface area (Å²) in [4.78, 5) is 47.6. The number of imidazole rings is 1. The Balaban J connectivity index is 1.59. The number of aromatic amines is 1. The highest BCUT2D eigenvalue weighted by Crippen LogP contribution is 2.37. The number of anilines is 1. The van der Waals surface area contributed by atoms with E-state index in [1.165, 1.54) is 4.90 Å². The lowest BCUT2D eigenvalue weighted by Crippen LogP contribution is -2.48. The van der Waals surface area contributed by atoms with Crippen molar-refractivity contribution in [2.24, 2.45) is 17.8 Å². The van der Waals surface area contributed by atoms with Gasteiger partial charge in [0.1, 0.15) is 6.04 Å². The fourth-order valence-corrected chi connectivity index (χ4v) is 4.12. The van der Waals surface area contributed by atoms with Crippen LogP contribution < -0.4 is 5.32 Å². The van der Waals surface area contributed by atoms with Crippen LogP contribution in [0.3, 0.4) is 0 Å². The number of imide groups is 1. The van der Waals surface area contributed by atoms with Crippen LogP contribution in [0.1, 0.15) is 33.1 Å². The summed E-state index contributed by atoms with van der Waals surface area (Å²) in [6.07, 6.45) is 5.43. The number of carbonyl (C=O) groups is 3. The molecule has 1 aromatic carbocycles.